The van der Waals surface area contributed by atoms with Gasteiger partial charge in [-0.2, -0.15) is 0 Å². The summed E-state index contributed by atoms with van der Waals surface area (Å²) < 4.78 is 20.1. The first-order valence-electron chi connectivity index (χ1n) is 6.70. The summed E-state index contributed by atoms with van der Waals surface area (Å²) in [7, 11) is 1.48. The summed E-state index contributed by atoms with van der Waals surface area (Å²) in [4.78, 5) is 23.7. The molecule has 0 unspecified atom stereocenters. The Labute approximate surface area is 123 Å². The summed E-state index contributed by atoms with van der Waals surface area (Å²) in [5.41, 5.74) is 0.727. The van der Waals surface area contributed by atoms with Crippen LogP contribution in [0.3, 0.4) is 0 Å². The molecule has 21 heavy (non-hydrogen) atoms. The molecule has 1 aromatic rings. The van der Waals surface area contributed by atoms with Crippen molar-refractivity contribution < 1.29 is 28.5 Å². The van der Waals surface area contributed by atoms with E-state index in [4.69, 9.17) is 18.9 Å². The van der Waals surface area contributed by atoms with Crippen molar-refractivity contribution in [2.75, 3.05) is 27.1 Å². The minimum atomic E-state index is -0.538. The highest BCUT2D eigenvalue weighted by Gasteiger charge is 2.20. The number of hydrogen-bond donors (Lipinski definition) is 0. The van der Waals surface area contributed by atoms with Crippen molar-refractivity contribution in [3.63, 3.8) is 0 Å². The average Bonchev–Trinajstić information content (AvgIpc) is 2.45. The molecule has 1 rings (SSSR count). The maximum Gasteiger partial charge on any atom is 0.342 e. The van der Waals surface area contributed by atoms with Gasteiger partial charge < -0.3 is 18.9 Å². The molecule has 0 amide bonds. The van der Waals surface area contributed by atoms with E-state index in [-0.39, 0.29) is 32.0 Å². The normalized spacial score (nSPS) is 10.0. The van der Waals surface area contributed by atoms with E-state index in [1.807, 2.05) is 0 Å². The molecule has 0 spiro atoms. The van der Waals surface area contributed by atoms with Crippen molar-refractivity contribution in [2.45, 2.75) is 20.3 Å². The molecule has 1 aromatic carbocycles. The number of esters is 2. The van der Waals surface area contributed by atoms with Crippen LogP contribution in [0.2, 0.25) is 0 Å². The van der Waals surface area contributed by atoms with Gasteiger partial charge in [-0.05, 0) is 25.5 Å². The number of benzene rings is 1. The molecule has 0 saturated heterocycles. The number of carbonyl (C=O) groups is 2. The van der Waals surface area contributed by atoms with E-state index in [0.29, 0.717) is 11.3 Å². The Hall–Kier alpha value is -2.08. The van der Waals surface area contributed by atoms with Gasteiger partial charge in [0.15, 0.2) is 6.79 Å². The molecule has 116 valence electrons. The van der Waals surface area contributed by atoms with Gasteiger partial charge in [-0.15, -0.1) is 0 Å². The third-order valence-corrected chi connectivity index (χ3v) is 2.56. The molecule has 0 radical (unpaired) electrons. The Kier molecular flexibility index (Phi) is 7.25. The molecule has 0 aliphatic heterocycles. The lowest BCUT2D eigenvalue weighted by molar-refractivity contribution is -0.142. The number of carbonyl (C=O) groups excluding carboxylic acids is 2. The molecule has 0 aliphatic carbocycles. The fraction of sp³-hybridized carbons (Fsp3) is 0.467. The van der Waals surface area contributed by atoms with E-state index < -0.39 is 11.9 Å². The molecule has 0 heterocycles. The monoisotopic (exact) mass is 296 g/mol. The molecule has 0 saturated carbocycles. The SMILES string of the molecule is CCOC(=O)Cc1cccc(OCOC)c1C(=O)OCC. The number of rotatable bonds is 8. The molecule has 0 aromatic heterocycles. The van der Waals surface area contributed by atoms with E-state index in [2.05, 4.69) is 0 Å². The Morgan fingerprint density at radius 3 is 2.43 bits per heavy atom. The molecule has 0 fully saturated rings. The maximum atomic E-state index is 12.1. The molecular formula is C15H20O6. The highest BCUT2D eigenvalue weighted by molar-refractivity contribution is 5.95. The Bertz CT molecular complexity index is 483. The summed E-state index contributed by atoms with van der Waals surface area (Å²) in [6.07, 6.45) is -0.0217. The van der Waals surface area contributed by atoms with E-state index in [9.17, 15) is 9.59 Å². The van der Waals surface area contributed by atoms with E-state index in [1.165, 1.54) is 7.11 Å². The van der Waals surface area contributed by atoms with Crippen molar-refractivity contribution in [1.82, 2.24) is 0 Å². The van der Waals surface area contributed by atoms with Gasteiger partial charge in [0.2, 0.25) is 0 Å². The van der Waals surface area contributed by atoms with Crippen LogP contribution in [-0.4, -0.2) is 39.1 Å². The van der Waals surface area contributed by atoms with Crippen molar-refractivity contribution in [1.29, 1.82) is 0 Å². The van der Waals surface area contributed by atoms with Gasteiger partial charge in [0.05, 0.1) is 19.6 Å². The minimum absolute atomic E-state index is 0.00470. The maximum absolute atomic E-state index is 12.1. The van der Waals surface area contributed by atoms with Crippen LogP contribution >= 0.6 is 0 Å². The standard InChI is InChI=1S/C15H20O6/c1-4-19-13(16)9-11-7-6-8-12(21-10-18-3)14(11)15(17)20-5-2/h6-8H,4-5,9-10H2,1-3H3. The van der Waals surface area contributed by atoms with Gasteiger partial charge in [-0.1, -0.05) is 12.1 Å². The van der Waals surface area contributed by atoms with Crippen LogP contribution in [0.4, 0.5) is 0 Å². The van der Waals surface area contributed by atoms with Gasteiger partial charge in [0, 0.05) is 7.11 Å². The zero-order valence-electron chi connectivity index (χ0n) is 12.5. The van der Waals surface area contributed by atoms with E-state index in [1.54, 1.807) is 32.0 Å². The van der Waals surface area contributed by atoms with Crippen LogP contribution in [0.1, 0.15) is 29.8 Å². The summed E-state index contributed by atoms with van der Waals surface area (Å²) in [5.74, 6) is -0.632. The van der Waals surface area contributed by atoms with Crippen molar-refractivity contribution in [3.8, 4) is 5.75 Å². The van der Waals surface area contributed by atoms with Crippen LogP contribution < -0.4 is 4.74 Å². The lowest BCUT2D eigenvalue weighted by Crippen LogP contribution is -2.15. The third kappa shape index (κ3) is 5.07. The second-order valence-corrected chi connectivity index (χ2v) is 4.04. The molecule has 6 heteroatoms. The first kappa shape index (κ1) is 17.0. The van der Waals surface area contributed by atoms with Crippen LogP contribution in [0.15, 0.2) is 18.2 Å². The molecule has 6 nitrogen and oxygen atoms in total. The minimum Gasteiger partial charge on any atom is -0.467 e. The Morgan fingerprint density at radius 1 is 1.10 bits per heavy atom. The van der Waals surface area contributed by atoms with Crippen molar-refractivity contribution in [3.05, 3.63) is 29.3 Å². The highest BCUT2D eigenvalue weighted by atomic mass is 16.7. The van der Waals surface area contributed by atoms with Crippen LogP contribution in [0.5, 0.6) is 5.75 Å². The van der Waals surface area contributed by atoms with Crippen LogP contribution in [0, 0.1) is 0 Å². The quantitative estimate of drug-likeness (QED) is 0.539. The Morgan fingerprint density at radius 2 is 1.81 bits per heavy atom. The second-order valence-electron chi connectivity index (χ2n) is 4.04. The lowest BCUT2D eigenvalue weighted by atomic mass is 10.0. The largest absolute Gasteiger partial charge is 0.467 e. The smallest absolute Gasteiger partial charge is 0.342 e. The Balaban J connectivity index is 3.09. The summed E-state index contributed by atoms with van der Waals surface area (Å²) in [5, 5.41) is 0. The molecule has 0 N–H and O–H groups in total. The van der Waals surface area contributed by atoms with Crippen molar-refractivity contribution in [2.24, 2.45) is 0 Å². The first-order chi connectivity index (χ1) is 10.1. The molecular weight excluding hydrogens is 276 g/mol. The number of methoxy groups -OCH3 is 1. The van der Waals surface area contributed by atoms with Crippen LogP contribution in [0.25, 0.3) is 0 Å². The third-order valence-electron chi connectivity index (χ3n) is 2.56. The zero-order valence-corrected chi connectivity index (χ0v) is 12.5. The van der Waals surface area contributed by atoms with Gasteiger partial charge in [-0.3, -0.25) is 4.79 Å². The predicted octanol–water partition coefficient (Wildman–Crippen LogP) is 1.95. The highest BCUT2D eigenvalue weighted by Crippen LogP contribution is 2.24. The van der Waals surface area contributed by atoms with Gasteiger partial charge in [-0.25, -0.2) is 4.79 Å². The summed E-state index contributed by atoms with van der Waals surface area (Å²) >= 11 is 0. The first-order valence-corrected chi connectivity index (χ1v) is 6.70. The summed E-state index contributed by atoms with van der Waals surface area (Å²) in [6.45, 7) is 3.95. The lowest BCUT2D eigenvalue weighted by Gasteiger charge is -2.14. The fourth-order valence-corrected chi connectivity index (χ4v) is 1.77. The summed E-state index contributed by atoms with van der Waals surface area (Å²) in [6, 6.07) is 4.99. The number of hydrogen-bond acceptors (Lipinski definition) is 6. The predicted molar refractivity (Wildman–Crippen MR) is 75.2 cm³/mol. The van der Waals surface area contributed by atoms with Gasteiger partial charge in [0.1, 0.15) is 11.3 Å². The number of ether oxygens (including phenoxy) is 4. The second kappa shape index (κ2) is 8.97. The average molecular weight is 296 g/mol. The van der Waals surface area contributed by atoms with E-state index in [0.717, 1.165) is 0 Å². The van der Waals surface area contributed by atoms with E-state index >= 15 is 0 Å². The topological polar surface area (TPSA) is 71.1 Å². The molecule has 0 atom stereocenters. The molecule has 0 aliphatic rings. The van der Waals surface area contributed by atoms with Crippen molar-refractivity contribution >= 4 is 11.9 Å². The van der Waals surface area contributed by atoms with Crippen LogP contribution in [-0.2, 0) is 25.4 Å². The van der Waals surface area contributed by atoms with Gasteiger partial charge in [0.25, 0.3) is 0 Å². The molecule has 0 bridgehead atoms. The van der Waals surface area contributed by atoms with Gasteiger partial charge >= 0.3 is 11.9 Å². The zero-order chi connectivity index (χ0) is 15.7. The fourth-order valence-electron chi connectivity index (χ4n) is 1.77.